The van der Waals surface area contributed by atoms with Crippen molar-refractivity contribution < 1.29 is 9.13 Å². The number of aryl methyl sites for hydroxylation is 2. The Balaban J connectivity index is 2.18. The van der Waals surface area contributed by atoms with Gasteiger partial charge in [0.15, 0.2) is 11.6 Å². The Morgan fingerprint density at radius 3 is 2.74 bits per heavy atom. The second-order valence-corrected chi connectivity index (χ2v) is 7.69. The quantitative estimate of drug-likeness (QED) is 0.669. The average molecular weight is 392 g/mol. The lowest BCUT2D eigenvalue weighted by molar-refractivity contribution is 0.261. The zero-order valence-corrected chi connectivity index (χ0v) is 16.6. The van der Waals surface area contributed by atoms with Crippen molar-refractivity contribution in [2.45, 2.75) is 33.2 Å². The van der Waals surface area contributed by atoms with Gasteiger partial charge < -0.3 is 15.0 Å². The molecule has 0 spiro atoms. The summed E-state index contributed by atoms with van der Waals surface area (Å²) < 4.78 is 22.2. The van der Waals surface area contributed by atoms with Crippen LogP contribution in [0.1, 0.15) is 26.0 Å². The van der Waals surface area contributed by atoms with Crippen LogP contribution < -0.4 is 16.0 Å². The Hall–Kier alpha value is -2.18. The van der Waals surface area contributed by atoms with E-state index in [-0.39, 0.29) is 34.5 Å². The molecule has 3 aromatic rings. The molecule has 0 aliphatic carbocycles. The molecule has 0 radical (unpaired) electrons. The van der Waals surface area contributed by atoms with Crippen molar-refractivity contribution in [3.63, 3.8) is 0 Å². The summed E-state index contributed by atoms with van der Waals surface area (Å²) in [6, 6.07) is 3.09. The normalized spacial score (nSPS) is 12.9. The molecule has 1 atom stereocenters. The Labute approximate surface area is 161 Å². The van der Waals surface area contributed by atoms with E-state index < -0.39 is 5.82 Å². The fraction of sp³-hybridized carbons (Fsp3) is 0.400. The van der Waals surface area contributed by atoms with Gasteiger partial charge in [-0.25, -0.2) is 4.39 Å². The number of hydrogen-bond acceptors (Lipinski definition) is 4. The molecule has 0 unspecified atom stereocenters. The lowest BCUT2D eigenvalue weighted by Gasteiger charge is -2.18. The summed E-state index contributed by atoms with van der Waals surface area (Å²) in [6.45, 7) is 6.01. The summed E-state index contributed by atoms with van der Waals surface area (Å²) in [6.07, 6.45) is 2.35. The van der Waals surface area contributed by atoms with Gasteiger partial charge in [-0.2, -0.15) is 0 Å². The van der Waals surface area contributed by atoms with E-state index in [9.17, 15) is 4.79 Å². The summed E-state index contributed by atoms with van der Waals surface area (Å²) in [7, 11) is 1.53. The van der Waals surface area contributed by atoms with Gasteiger partial charge in [-0.1, -0.05) is 25.4 Å². The molecule has 2 heterocycles. The highest BCUT2D eigenvalue weighted by atomic mass is 35.5. The summed E-state index contributed by atoms with van der Waals surface area (Å²) in [4.78, 5) is 16.9. The minimum atomic E-state index is -0.662. The van der Waals surface area contributed by atoms with Crippen LogP contribution in [-0.2, 0) is 7.05 Å². The molecule has 1 aromatic carbocycles. The van der Waals surface area contributed by atoms with E-state index in [2.05, 4.69) is 18.8 Å². The minimum Gasteiger partial charge on any atom is -0.487 e. The predicted octanol–water partition coefficient (Wildman–Crippen LogP) is 3.94. The monoisotopic (exact) mass is 391 g/mol. The number of nitrogens with zero attached hydrogens (tertiary/aromatic N) is 2. The van der Waals surface area contributed by atoms with E-state index in [0.29, 0.717) is 27.8 Å². The number of nitrogens with two attached hydrogens (primary N) is 1. The highest BCUT2D eigenvalue weighted by Crippen LogP contribution is 2.36. The molecule has 0 bridgehead atoms. The SMILES string of the molecule is Cc1nccc2c1c(=O)n(C)c1c(F)c(OC[C@@H](N)CC(C)C)c(Cl)cc21. The third-order valence-corrected chi connectivity index (χ3v) is 4.93. The minimum absolute atomic E-state index is 0.0801. The first kappa shape index (κ1) is 19.6. The number of halogens is 2. The Morgan fingerprint density at radius 1 is 1.37 bits per heavy atom. The number of fused-ring (bicyclic) bond motifs is 3. The molecule has 0 aliphatic rings. The predicted molar refractivity (Wildman–Crippen MR) is 107 cm³/mol. The summed E-state index contributed by atoms with van der Waals surface area (Å²) in [5.41, 5.74) is 6.45. The van der Waals surface area contributed by atoms with Gasteiger partial charge >= 0.3 is 0 Å². The van der Waals surface area contributed by atoms with Gasteiger partial charge in [-0.3, -0.25) is 9.78 Å². The van der Waals surface area contributed by atoms with Crippen LogP contribution >= 0.6 is 11.6 Å². The van der Waals surface area contributed by atoms with Crippen LogP contribution in [0, 0.1) is 18.7 Å². The Bertz CT molecular complexity index is 1080. The van der Waals surface area contributed by atoms with E-state index in [1.54, 1.807) is 25.3 Å². The zero-order valence-electron chi connectivity index (χ0n) is 15.8. The topological polar surface area (TPSA) is 70.1 Å². The van der Waals surface area contributed by atoms with E-state index in [4.69, 9.17) is 22.1 Å². The molecular formula is C20H23ClFN3O2. The van der Waals surface area contributed by atoms with Crippen LogP contribution in [0.25, 0.3) is 21.7 Å². The first-order valence-electron chi connectivity index (χ1n) is 8.86. The summed E-state index contributed by atoms with van der Waals surface area (Å²) in [5.74, 6) is -0.335. The lowest BCUT2D eigenvalue weighted by atomic mass is 10.0. The van der Waals surface area contributed by atoms with Crippen LogP contribution in [0.3, 0.4) is 0 Å². The van der Waals surface area contributed by atoms with Crippen molar-refractivity contribution in [2.24, 2.45) is 18.7 Å². The molecule has 0 fully saturated rings. The number of pyridine rings is 2. The zero-order chi connectivity index (χ0) is 19.9. The van der Waals surface area contributed by atoms with Gasteiger partial charge in [0.05, 0.1) is 21.6 Å². The number of hydrogen-bond donors (Lipinski definition) is 1. The largest absolute Gasteiger partial charge is 0.487 e. The molecule has 144 valence electrons. The first-order chi connectivity index (χ1) is 12.7. The molecular weight excluding hydrogens is 369 g/mol. The van der Waals surface area contributed by atoms with Crippen LogP contribution in [-0.4, -0.2) is 22.2 Å². The molecule has 0 saturated heterocycles. The Kier molecular flexibility index (Phi) is 5.40. The Morgan fingerprint density at radius 2 is 2.07 bits per heavy atom. The highest BCUT2D eigenvalue weighted by molar-refractivity contribution is 6.33. The molecule has 5 nitrogen and oxygen atoms in total. The second kappa shape index (κ2) is 7.44. The van der Waals surface area contributed by atoms with Crippen molar-refractivity contribution in [3.8, 4) is 5.75 Å². The average Bonchev–Trinajstić information content (AvgIpc) is 2.58. The highest BCUT2D eigenvalue weighted by Gasteiger charge is 2.21. The standard InChI is InChI=1S/C20H23ClFN3O2/c1-10(2)7-12(23)9-27-19-15(21)8-14-13-5-6-24-11(3)16(13)20(26)25(4)18(14)17(19)22/h5-6,8,10,12H,7,9,23H2,1-4H3/t12-/m0/s1. The summed E-state index contributed by atoms with van der Waals surface area (Å²) in [5, 5.41) is 1.75. The fourth-order valence-corrected chi connectivity index (χ4v) is 3.70. The van der Waals surface area contributed by atoms with Crippen LogP contribution in [0.5, 0.6) is 5.75 Å². The van der Waals surface area contributed by atoms with E-state index >= 15 is 4.39 Å². The van der Waals surface area contributed by atoms with E-state index in [0.717, 1.165) is 6.42 Å². The number of benzene rings is 1. The maximum absolute atomic E-state index is 15.3. The molecule has 0 aliphatic heterocycles. The van der Waals surface area contributed by atoms with Crippen molar-refractivity contribution in [2.75, 3.05) is 6.61 Å². The van der Waals surface area contributed by atoms with Crippen LogP contribution in [0.15, 0.2) is 23.1 Å². The van der Waals surface area contributed by atoms with Gasteiger partial charge in [-0.15, -0.1) is 0 Å². The lowest BCUT2D eigenvalue weighted by Crippen LogP contribution is -2.29. The third kappa shape index (κ3) is 3.51. The van der Waals surface area contributed by atoms with Crippen molar-refractivity contribution in [3.05, 3.63) is 45.2 Å². The molecule has 7 heteroatoms. The van der Waals surface area contributed by atoms with Crippen molar-refractivity contribution >= 4 is 33.3 Å². The number of rotatable bonds is 5. The van der Waals surface area contributed by atoms with Gasteiger partial charge in [0.2, 0.25) is 0 Å². The first-order valence-corrected chi connectivity index (χ1v) is 9.24. The number of ether oxygens (including phenoxy) is 1. The van der Waals surface area contributed by atoms with Crippen LogP contribution in [0.4, 0.5) is 4.39 Å². The molecule has 0 amide bonds. The maximum Gasteiger partial charge on any atom is 0.260 e. The fourth-order valence-electron chi connectivity index (χ4n) is 3.45. The van der Waals surface area contributed by atoms with Crippen molar-refractivity contribution in [1.82, 2.24) is 9.55 Å². The van der Waals surface area contributed by atoms with E-state index in [1.807, 2.05) is 0 Å². The smallest absolute Gasteiger partial charge is 0.260 e. The molecule has 27 heavy (non-hydrogen) atoms. The number of aromatic nitrogens is 2. The van der Waals surface area contributed by atoms with Gasteiger partial charge in [0.1, 0.15) is 6.61 Å². The van der Waals surface area contributed by atoms with Crippen LogP contribution in [0.2, 0.25) is 5.02 Å². The maximum atomic E-state index is 15.3. The van der Waals surface area contributed by atoms with Gasteiger partial charge in [0, 0.05) is 30.1 Å². The molecule has 2 N–H and O–H groups in total. The summed E-state index contributed by atoms with van der Waals surface area (Å²) >= 11 is 6.32. The molecule has 3 rings (SSSR count). The van der Waals surface area contributed by atoms with Gasteiger partial charge in [-0.05, 0) is 31.4 Å². The van der Waals surface area contributed by atoms with Crippen molar-refractivity contribution in [1.29, 1.82) is 0 Å². The third-order valence-electron chi connectivity index (χ3n) is 4.65. The molecule has 2 aromatic heterocycles. The van der Waals surface area contributed by atoms with E-state index in [1.165, 1.54) is 11.6 Å². The second-order valence-electron chi connectivity index (χ2n) is 7.28. The molecule has 0 saturated carbocycles. The van der Waals surface area contributed by atoms with Gasteiger partial charge in [0.25, 0.3) is 5.56 Å².